The molecule has 0 saturated carbocycles. The molecule has 0 atom stereocenters. The highest BCUT2D eigenvalue weighted by Gasteiger charge is 2.13. The van der Waals surface area contributed by atoms with Gasteiger partial charge in [0.25, 0.3) is 5.91 Å². The number of hydrogen-bond donors (Lipinski definition) is 2. The average molecular weight is 369 g/mol. The normalized spacial score (nSPS) is 10.0. The largest absolute Gasteiger partial charge is 0.383 e. The minimum absolute atomic E-state index is 0.121. The highest BCUT2D eigenvalue weighted by Crippen LogP contribution is 2.23. The van der Waals surface area contributed by atoms with Crippen LogP contribution < -0.4 is 10.6 Å². The second-order valence-electron chi connectivity index (χ2n) is 5.27. The van der Waals surface area contributed by atoms with Crippen LogP contribution in [0.25, 0.3) is 0 Å². The second-order valence-corrected chi connectivity index (χ2v) is 6.29. The number of carbonyl (C=O) groups excluding carboxylic acids is 2. The molecule has 26 heavy (non-hydrogen) atoms. The maximum absolute atomic E-state index is 12.6. The fourth-order valence-electron chi connectivity index (χ4n) is 2.13. The van der Waals surface area contributed by atoms with Crippen LogP contribution in [0.3, 0.4) is 0 Å². The van der Waals surface area contributed by atoms with E-state index in [0.29, 0.717) is 34.9 Å². The van der Waals surface area contributed by atoms with Crippen molar-refractivity contribution in [3.63, 3.8) is 0 Å². The fraction of sp³-hybridized carbons (Fsp3) is 0.211. The number of hydrogen-bond acceptors (Lipinski definition) is 5. The van der Waals surface area contributed by atoms with Crippen LogP contribution in [0, 0.1) is 11.3 Å². The summed E-state index contributed by atoms with van der Waals surface area (Å²) in [6.45, 7) is 0.907. The Balaban J connectivity index is 2.02. The van der Waals surface area contributed by atoms with Crippen molar-refractivity contribution in [1.82, 2.24) is 5.32 Å². The summed E-state index contributed by atoms with van der Waals surface area (Å²) >= 11 is 1.29. The number of methoxy groups -OCH3 is 1. The van der Waals surface area contributed by atoms with Crippen LogP contribution in [0.4, 0.5) is 5.69 Å². The Morgan fingerprint density at radius 3 is 2.77 bits per heavy atom. The predicted molar refractivity (Wildman–Crippen MR) is 101 cm³/mol. The van der Waals surface area contributed by atoms with E-state index in [1.807, 2.05) is 12.1 Å². The Labute approximate surface area is 156 Å². The molecule has 0 aromatic heterocycles. The van der Waals surface area contributed by atoms with Gasteiger partial charge in [0.1, 0.15) is 0 Å². The van der Waals surface area contributed by atoms with E-state index in [2.05, 4.69) is 10.6 Å². The quantitative estimate of drug-likeness (QED) is 0.551. The first-order chi connectivity index (χ1) is 12.6. The number of benzene rings is 2. The Kier molecular flexibility index (Phi) is 7.68. The van der Waals surface area contributed by atoms with Gasteiger partial charge in [0.2, 0.25) is 5.91 Å². The van der Waals surface area contributed by atoms with Crippen molar-refractivity contribution < 1.29 is 14.3 Å². The molecule has 0 aliphatic rings. The van der Waals surface area contributed by atoms with Crippen LogP contribution in [-0.4, -0.2) is 37.8 Å². The van der Waals surface area contributed by atoms with Gasteiger partial charge in [0.05, 0.1) is 29.6 Å². The van der Waals surface area contributed by atoms with Crippen molar-refractivity contribution in [2.24, 2.45) is 0 Å². The van der Waals surface area contributed by atoms with Gasteiger partial charge in [0.15, 0.2) is 0 Å². The van der Waals surface area contributed by atoms with Crippen molar-refractivity contribution in [3.8, 4) is 6.07 Å². The summed E-state index contributed by atoms with van der Waals surface area (Å²) in [4.78, 5) is 25.1. The number of nitriles is 1. The van der Waals surface area contributed by atoms with Gasteiger partial charge in [-0.1, -0.05) is 18.2 Å². The Hall–Kier alpha value is -2.82. The molecule has 0 bridgehead atoms. The number of anilines is 1. The minimum Gasteiger partial charge on any atom is -0.383 e. The number of thioether (sulfide) groups is 1. The molecule has 0 aliphatic heterocycles. The van der Waals surface area contributed by atoms with E-state index in [1.54, 1.807) is 49.6 Å². The molecule has 0 unspecified atom stereocenters. The minimum atomic E-state index is -0.289. The number of ether oxygens (including phenoxy) is 1. The van der Waals surface area contributed by atoms with Crippen molar-refractivity contribution in [2.45, 2.75) is 4.90 Å². The molecule has 2 rings (SSSR count). The number of nitrogens with zero attached hydrogens (tertiary/aromatic N) is 1. The lowest BCUT2D eigenvalue weighted by Crippen LogP contribution is -2.28. The van der Waals surface area contributed by atoms with E-state index in [0.717, 1.165) is 0 Å². The molecular weight excluding hydrogens is 350 g/mol. The fourth-order valence-corrected chi connectivity index (χ4v) is 3.01. The van der Waals surface area contributed by atoms with Crippen LogP contribution >= 0.6 is 11.8 Å². The zero-order valence-electron chi connectivity index (χ0n) is 14.3. The third-order valence-electron chi connectivity index (χ3n) is 3.37. The lowest BCUT2D eigenvalue weighted by atomic mass is 10.2. The van der Waals surface area contributed by atoms with Crippen LogP contribution in [-0.2, 0) is 9.53 Å². The predicted octanol–water partition coefficient (Wildman–Crippen LogP) is 2.67. The van der Waals surface area contributed by atoms with Crippen molar-refractivity contribution in [3.05, 3.63) is 59.7 Å². The molecule has 2 aromatic carbocycles. The maximum Gasteiger partial charge on any atom is 0.256 e. The summed E-state index contributed by atoms with van der Waals surface area (Å²) in [6, 6.07) is 15.8. The topological polar surface area (TPSA) is 91.2 Å². The smallest absolute Gasteiger partial charge is 0.256 e. The van der Waals surface area contributed by atoms with Crippen molar-refractivity contribution in [1.29, 1.82) is 5.26 Å². The van der Waals surface area contributed by atoms with E-state index >= 15 is 0 Å². The molecule has 2 amide bonds. The Morgan fingerprint density at radius 1 is 1.19 bits per heavy atom. The van der Waals surface area contributed by atoms with E-state index in [9.17, 15) is 9.59 Å². The van der Waals surface area contributed by atoms with Crippen LogP contribution in [0.5, 0.6) is 0 Å². The number of nitrogens with one attached hydrogen (secondary N) is 2. The first kappa shape index (κ1) is 19.5. The number of amides is 2. The van der Waals surface area contributed by atoms with Gasteiger partial charge in [-0.3, -0.25) is 9.59 Å². The molecule has 2 N–H and O–H groups in total. The van der Waals surface area contributed by atoms with E-state index < -0.39 is 0 Å². The number of rotatable bonds is 8. The summed E-state index contributed by atoms with van der Waals surface area (Å²) in [5.74, 6) is -0.204. The number of carbonyl (C=O) groups is 2. The molecular formula is C19H19N3O3S. The van der Waals surface area contributed by atoms with Gasteiger partial charge in [-0.2, -0.15) is 5.26 Å². The zero-order valence-corrected chi connectivity index (χ0v) is 15.1. The van der Waals surface area contributed by atoms with Crippen molar-refractivity contribution in [2.75, 3.05) is 31.3 Å². The first-order valence-electron chi connectivity index (χ1n) is 7.93. The second kappa shape index (κ2) is 10.2. The van der Waals surface area contributed by atoms with Crippen LogP contribution in [0.15, 0.2) is 53.4 Å². The molecule has 134 valence electrons. The average Bonchev–Trinajstić information content (AvgIpc) is 2.67. The summed E-state index contributed by atoms with van der Waals surface area (Å²) in [7, 11) is 1.57. The molecule has 0 spiro atoms. The molecule has 0 fully saturated rings. The Bertz CT molecular complexity index is 818. The highest BCUT2D eigenvalue weighted by atomic mass is 32.2. The first-order valence-corrected chi connectivity index (χ1v) is 8.91. The van der Waals surface area contributed by atoms with E-state index in [-0.39, 0.29) is 17.6 Å². The van der Waals surface area contributed by atoms with Gasteiger partial charge in [-0.15, -0.1) is 11.8 Å². The van der Waals surface area contributed by atoms with Crippen LogP contribution in [0.1, 0.15) is 15.9 Å². The standard InChI is InChI=1S/C19H19N3O3S/c1-25-10-9-21-18(23)13-26-17-8-3-2-7-16(17)19(24)22-15-6-4-5-14(11-15)12-20/h2-8,11H,9-10,13H2,1H3,(H,21,23)(H,22,24). The van der Waals surface area contributed by atoms with Gasteiger partial charge in [0, 0.05) is 24.2 Å². The zero-order chi connectivity index (χ0) is 18.8. The van der Waals surface area contributed by atoms with E-state index in [1.165, 1.54) is 11.8 Å². The Morgan fingerprint density at radius 2 is 2.00 bits per heavy atom. The molecule has 7 heteroatoms. The van der Waals surface area contributed by atoms with Crippen LogP contribution in [0.2, 0.25) is 0 Å². The summed E-state index contributed by atoms with van der Waals surface area (Å²) in [6.07, 6.45) is 0. The molecule has 0 saturated heterocycles. The van der Waals surface area contributed by atoms with E-state index in [4.69, 9.17) is 10.00 Å². The van der Waals surface area contributed by atoms with Gasteiger partial charge >= 0.3 is 0 Å². The monoisotopic (exact) mass is 369 g/mol. The third kappa shape index (κ3) is 5.92. The maximum atomic E-state index is 12.6. The molecule has 2 aromatic rings. The van der Waals surface area contributed by atoms with Gasteiger partial charge < -0.3 is 15.4 Å². The molecule has 0 radical (unpaired) electrons. The lowest BCUT2D eigenvalue weighted by molar-refractivity contribution is -0.118. The van der Waals surface area contributed by atoms with Crippen molar-refractivity contribution >= 4 is 29.3 Å². The lowest BCUT2D eigenvalue weighted by Gasteiger charge is -2.10. The summed E-state index contributed by atoms with van der Waals surface area (Å²) in [5.41, 5.74) is 1.49. The SMILES string of the molecule is COCCNC(=O)CSc1ccccc1C(=O)Nc1cccc(C#N)c1. The highest BCUT2D eigenvalue weighted by molar-refractivity contribution is 8.00. The molecule has 0 aliphatic carbocycles. The molecule has 6 nitrogen and oxygen atoms in total. The summed E-state index contributed by atoms with van der Waals surface area (Å²) in [5, 5.41) is 14.5. The van der Waals surface area contributed by atoms with Gasteiger partial charge in [-0.25, -0.2) is 0 Å². The van der Waals surface area contributed by atoms with Gasteiger partial charge in [-0.05, 0) is 30.3 Å². The third-order valence-corrected chi connectivity index (χ3v) is 4.44. The molecule has 0 heterocycles. The summed E-state index contributed by atoms with van der Waals surface area (Å²) < 4.78 is 4.88.